The van der Waals surface area contributed by atoms with Crippen LogP contribution in [0.1, 0.15) is 66.7 Å². The van der Waals surface area contributed by atoms with E-state index >= 15 is 0 Å². The molecule has 164 valence electrons. The fourth-order valence-corrected chi connectivity index (χ4v) is 5.99. The van der Waals surface area contributed by atoms with E-state index in [-0.39, 0.29) is 34.6 Å². The third kappa shape index (κ3) is 2.15. The van der Waals surface area contributed by atoms with E-state index in [0.29, 0.717) is 11.3 Å². The first-order valence-electron chi connectivity index (χ1n) is 10.7. The van der Waals surface area contributed by atoms with Crippen LogP contribution in [0.15, 0.2) is 32.8 Å². The third-order valence-electron chi connectivity index (χ3n) is 7.28. The number of rotatable bonds is 0. The molecule has 7 heteroatoms. The first kappa shape index (κ1) is 20.4. The number of nitriles is 1. The molecule has 1 aromatic heterocycles. The van der Waals surface area contributed by atoms with Crippen LogP contribution < -0.4 is 21.0 Å². The van der Waals surface area contributed by atoms with Gasteiger partial charge in [0.1, 0.15) is 28.7 Å². The molecule has 32 heavy (non-hydrogen) atoms. The molecule has 0 radical (unpaired) electrons. The highest BCUT2D eigenvalue weighted by molar-refractivity contribution is 6.16. The largest absolute Gasteiger partial charge is 0.440 e. The minimum Gasteiger partial charge on any atom is -0.440 e. The lowest BCUT2D eigenvalue weighted by atomic mass is 9.67. The number of ether oxygens (including phenoxy) is 1. The van der Waals surface area contributed by atoms with Gasteiger partial charge in [-0.2, -0.15) is 5.26 Å². The molecule has 2 N–H and O–H groups in total. The van der Waals surface area contributed by atoms with E-state index in [4.69, 9.17) is 14.9 Å². The number of carbonyl (C=O) groups is 1. The normalized spacial score (nSPS) is 24.8. The molecule has 4 heterocycles. The Kier molecular flexibility index (Phi) is 3.84. The van der Waals surface area contributed by atoms with Crippen molar-refractivity contribution in [1.29, 1.82) is 5.26 Å². The lowest BCUT2D eigenvalue weighted by Gasteiger charge is -2.44. The minimum absolute atomic E-state index is 0.0209. The van der Waals surface area contributed by atoms with Crippen LogP contribution in [0.2, 0.25) is 0 Å². The zero-order valence-corrected chi connectivity index (χ0v) is 19.0. The Labute approximate surface area is 186 Å². The molecule has 5 rings (SSSR count). The summed E-state index contributed by atoms with van der Waals surface area (Å²) in [5.41, 5.74) is 7.53. The molecular weight excluding hydrogens is 406 g/mol. The summed E-state index contributed by atoms with van der Waals surface area (Å²) in [6.07, 6.45) is 0.747. The van der Waals surface area contributed by atoms with Gasteiger partial charge in [-0.3, -0.25) is 4.79 Å². The highest BCUT2D eigenvalue weighted by Gasteiger charge is 2.65. The topological polar surface area (TPSA) is 110 Å². The molecule has 3 aliphatic heterocycles. The maximum absolute atomic E-state index is 14.5. The number of fused-ring (bicyclic) bond motifs is 3. The quantitative estimate of drug-likeness (QED) is 0.683. The molecule has 1 spiro atoms. The number of aryl methyl sites for hydroxylation is 2. The van der Waals surface area contributed by atoms with Crippen LogP contribution in [0, 0.1) is 32.1 Å². The molecule has 3 aliphatic rings. The van der Waals surface area contributed by atoms with Crippen LogP contribution >= 0.6 is 0 Å². The van der Waals surface area contributed by atoms with Gasteiger partial charge < -0.3 is 19.8 Å². The fourth-order valence-electron chi connectivity index (χ4n) is 5.99. The summed E-state index contributed by atoms with van der Waals surface area (Å²) in [5.74, 6) is 0.152. The number of nitrogens with zero attached hydrogens (tertiary/aromatic N) is 2. The molecule has 1 aromatic carbocycles. The molecule has 2 atom stereocenters. The number of anilines is 1. The average molecular weight is 431 g/mol. The number of carbonyl (C=O) groups excluding carboxylic acids is 1. The number of amides is 1. The van der Waals surface area contributed by atoms with Crippen LogP contribution in [0.25, 0.3) is 0 Å². The average Bonchev–Trinajstić information content (AvgIpc) is 2.93. The Balaban J connectivity index is 2.06. The van der Waals surface area contributed by atoms with Crippen LogP contribution in [-0.2, 0) is 10.2 Å². The van der Waals surface area contributed by atoms with Gasteiger partial charge >= 0.3 is 5.63 Å². The maximum Gasteiger partial charge on any atom is 0.344 e. The molecule has 0 saturated carbocycles. The zero-order chi connectivity index (χ0) is 23.3. The summed E-state index contributed by atoms with van der Waals surface area (Å²) in [6.45, 7) is 11.7. The summed E-state index contributed by atoms with van der Waals surface area (Å²) in [4.78, 5) is 29.6. The number of nitrogens with two attached hydrogens (primary N) is 1. The van der Waals surface area contributed by atoms with Gasteiger partial charge in [0.2, 0.25) is 11.8 Å². The highest BCUT2D eigenvalue weighted by Crippen LogP contribution is 2.61. The van der Waals surface area contributed by atoms with Gasteiger partial charge in [0.15, 0.2) is 5.41 Å². The van der Waals surface area contributed by atoms with Crippen LogP contribution in [-0.4, -0.2) is 11.4 Å². The van der Waals surface area contributed by atoms with Crippen molar-refractivity contribution >= 4 is 11.6 Å². The SMILES string of the molecule is Cc1cc2c(c(=O)o1)[C@@]1(C(=O)N3c4c(cc(C)c(C)c41)[C@H](C)CC3(C)C)C(C#N)=C(N)O2. The Morgan fingerprint density at radius 2 is 1.88 bits per heavy atom. The van der Waals surface area contributed by atoms with Gasteiger partial charge in [0, 0.05) is 17.2 Å². The minimum atomic E-state index is -1.71. The van der Waals surface area contributed by atoms with Crippen LogP contribution in [0.4, 0.5) is 5.69 Å². The molecule has 0 bridgehead atoms. The van der Waals surface area contributed by atoms with Gasteiger partial charge in [0.05, 0.1) is 5.69 Å². The van der Waals surface area contributed by atoms with E-state index in [2.05, 4.69) is 19.1 Å². The molecular formula is C25H25N3O4. The van der Waals surface area contributed by atoms with Gasteiger partial charge in [-0.25, -0.2) is 4.79 Å². The monoisotopic (exact) mass is 431 g/mol. The summed E-state index contributed by atoms with van der Waals surface area (Å²) in [5, 5.41) is 10.2. The van der Waals surface area contributed by atoms with E-state index < -0.39 is 16.6 Å². The lowest BCUT2D eigenvalue weighted by molar-refractivity contribution is -0.122. The number of benzene rings is 1. The van der Waals surface area contributed by atoms with Crippen molar-refractivity contribution in [2.45, 2.75) is 64.8 Å². The van der Waals surface area contributed by atoms with Crippen molar-refractivity contribution in [3.05, 3.63) is 67.6 Å². The molecule has 7 nitrogen and oxygen atoms in total. The van der Waals surface area contributed by atoms with E-state index in [9.17, 15) is 14.9 Å². The van der Waals surface area contributed by atoms with Crippen molar-refractivity contribution in [3.8, 4) is 11.8 Å². The number of hydrogen-bond acceptors (Lipinski definition) is 6. The van der Waals surface area contributed by atoms with E-state index in [1.54, 1.807) is 17.9 Å². The summed E-state index contributed by atoms with van der Waals surface area (Å²) in [6, 6.07) is 5.78. The van der Waals surface area contributed by atoms with Gasteiger partial charge in [-0.05, 0) is 63.6 Å². The number of hydrogen-bond donors (Lipinski definition) is 1. The molecule has 1 amide bonds. The summed E-state index contributed by atoms with van der Waals surface area (Å²) >= 11 is 0. The predicted octanol–water partition coefficient (Wildman–Crippen LogP) is 3.57. The first-order chi connectivity index (χ1) is 15.0. The van der Waals surface area contributed by atoms with Crippen molar-refractivity contribution in [2.24, 2.45) is 5.73 Å². The summed E-state index contributed by atoms with van der Waals surface area (Å²) < 4.78 is 11.1. The predicted molar refractivity (Wildman–Crippen MR) is 118 cm³/mol. The van der Waals surface area contributed by atoms with E-state index in [0.717, 1.165) is 28.8 Å². The van der Waals surface area contributed by atoms with Crippen molar-refractivity contribution in [2.75, 3.05) is 4.90 Å². The zero-order valence-electron chi connectivity index (χ0n) is 19.0. The first-order valence-corrected chi connectivity index (χ1v) is 10.7. The van der Waals surface area contributed by atoms with E-state index in [1.807, 2.05) is 27.7 Å². The van der Waals surface area contributed by atoms with Gasteiger partial charge in [0.25, 0.3) is 0 Å². The van der Waals surface area contributed by atoms with Crippen molar-refractivity contribution in [3.63, 3.8) is 0 Å². The Morgan fingerprint density at radius 1 is 1.19 bits per heavy atom. The molecule has 2 aromatic rings. The second kappa shape index (κ2) is 6.04. The second-order valence-corrected chi connectivity index (χ2v) is 9.78. The van der Waals surface area contributed by atoms with Crippen LogP contribution in [0.5, 0.6) is 5.75 Å². The van der Waals surface area contributed by atoms with Crippen molar-refractivity contribution < 1.29 is 13.9 Å². The second-order valence-electron chi connectivity index (χ2n) is 9.78. The lowest BCUT2D eigenvalue weighted by Crippen LogP contribution is -2.55. The Hall–Kier alpha value is -3.53. The molecule has 0 unspecified atom stereocenters. The fraction of sp³-hybridized carbons (Fsp3) is 0.400. The third-order valence-corrected chi connectivity index (χ3v) is 7.28. The van der Waals surface area contributed by atoms with Gasteiger partial charge in [-0.15, -0.1) is 0 Å². The van der Waals surface area contributed by atoms with Gasteiger partial charge in [-0.1, -0.05) is 13.0 Å². The van der Waals surface area contributed by atoms with Crippen LogP contribution in [0.3, 0.4) is 0 Å². The maximum atomic E-state index is 14.5. The molecule has 0 saturated heterocycles. The molecule has 0 aliphatic carbocycles. The van der Waals surface area contributed by atoms with E-state index in [1.165, 1.54) is 0 Å². The summed E-state index contributed by atoms with van der Waals surface area (Å²) in [7, 11) is 0. The highest BCUT2D eigenvalue weighted by atomic mass is 16.5. The van der Waals surface area contributed by atoms with Crippen molar-refractivity contribution in [1.82, 2.24) is 0 Å². The smallest absolute Gasteiger partial charge is 0.344 e. The Bertz CT molecular complexity index is 1380. The molecule has 0 fully saturated rings. The standard InChI is InChI=1S/C25H25N3O4/c1-11-7-15-12(2)9-24(5,6)28-20(15)18(14(11)4)25(23(28)30)16(10-26)21(27)32-17-8-13(3)31-22(29)19(17)25/h7-8,12H,9,27H2,1-6H3/t12-,25-/m1/s1. The Morgan fingerprint density at radius 3 is 2.53 bits per heavy atom.